The van der Waals surface area contributed by atoms with Crippen molar-refractivity contribution in [3.63, 3.8) is 0 Å². The molecule has 2 aromatic heterocycles. The predicted molar refractivity (Wildman–Crippen MR) is 92.0 cm³/mol. The molecule has 24 heavy (non-hydrogen) atoms. The summed E-state index contributed by atoms with van der Waals surface area (Å²) in [5, 5.41) is 9.39. The van der Waals surface area contributed by atoms with E-state index in [1.54, 1.807) is 0 Å². The third-order valence-corrected chi connectivity index (χ3v) is 5.26. The molecule has 1 saturated heterocycles. The van der Waals surface area contributed by atoms with Gasteiger partial charge < -0.3 is 4.90 Å². The zero-order valence-corrected chi connectivity index (χ0v) is 14.3. The lowest BCUT2D eigenvalue weighted by Gasteiger charge is -2.38. The van der Waals surface area contributed by atoms with Crippen molar-refractivity contribution >= 4 is 17.2 Å². The number of carbonyl (C=O) groups is 1. The highest BCUT2D eigenvalue weighted by atomic mass is 32.1. The number of nitrogens with zero attached hydrogens (tertiary/aromatic N) is 5. The largest absolute Gasteiger partial charge is 0.333 e. The van der Waals surface area contributed by atoms with Crippen LogP contribution < -0.4 is 0 Å². The second-order valence-corrected chi connectivity index (χ2v) is 7.16. The summed E-state index contributed by atoms with van der Waals surface area (Å²) in [6, 6.07) is 10.2. The number of likely N-dealkylation sites (tertiary alicyclic amines) is 1. The van der Waals surface area contributed by atoms with Crippen LogP contribution in [-0.2, 0) is 0 Å². The summed E-state index contributed by atoms with van der Waals surface area (Å²) in [5.74, 6) is 0.0674. The molecule has 0 spiro atoms. The number of hydrogen-bond acceptors (Lipinski definition) is 5. The third kappa shape index (κ3) is 2.60. The van der Waals surface area contributed by atoms with Crippen molar-refractivity contribution in [2.75, 3.05) is 13.1 Å². The summed E-state index contributed by atoms with van der Waals surface area (Å²) in [5.41, 5.74) is 2.72. The lowest BCUT2D eigenvalue weighted by molar-refractivity contribution is 0.0502. The minimum absolute atomic E-state index is 0.0674. The number of aromatic nitrogens is 4. The normalized spacial score (nSPS) is 14.7. The monoisotopic (exact) mass is 339 g/mol. The van der Waals surface area contributed by atoms with Crippen molar-refractivity contribution in [2.24, 2.45) is 0 Å². The SMILES string of the molecule is Cc1nc(C)c(C(=O)N2CC(n3cc(-c4ccccc4)nn3)C2)s1. The lowest BCUT2D eigenvalue weighted by Crippen LogP contribution is -2.50. The highest BCUT2D eigenvalue weighted by Crippen LogP contribution is 2.27. The number of benzene rings is 1. The van der Waals surface area contributed by atoms with E-state index in [0.717, 1.165) is 26.8 Å². The molecule has 1 fully saturated rings. The summed E-state index contributed by atoms with van der Waals surface area (Å²) < 4.78 is 1.86. The Morgan fingerprint density at radius 3 is 2.62 bits per heavy atom. The first kappa shape index (κ1) is 15.0. The van der Waals surface area contributed by atoms with Gasteiger partial charge in [-0.25, -0.2) is 9.67 Å². The second-order valence-electron chi connectivity index (χ2n) is 5.96. The van der Waals surface area contributed by atoms with E-state index >= 15 is 0 Å². The van der Waals surface area contributed by atoms with Gasteiger partial charge in [0.25, 0.3) is 5.91 Å². The molecule has 0 atom stereocenters. The van der Waals surface area contributed by atoms with Crippen LogP contribution in [0.3, 0.4) is 0 Å². The van der Waals surface area contributed by atoms with Crippen molar-refractivity contribution in [1.82, 2.24) is 24.9 Å². The highest BCUT2D eigenvalue weighted by Gasteiger charge is 2.34. The van der Waals surface area contributed by atoms with E-state index in [-0.39, 0.29) is 11.9 Å². The summed E-state index contributed by atoms with van der Waals surface area (Å²) in [6.07, 6.45) is 1.95. The van der Waals surface area contributed by atoms with E-state index in [2.05, 4.69) is 15.3 Å². The Balaban J connectivity index is 1.44. The van der Waals surface area contributed by atoms with Crippen molar-refractivity contribution in [2.45, 2.75) is 19.9 Å². The number of carbonyl (C=O) groups excluding carboxylic acids is 1. The molecule has 6 nitrogen and oxygen atoms in total. The van der Waals surface area contributed by atoms with Gasteiger partial charge in [-0.15, -0.1) is 16.4 Å². The van der Waals surface area contributed by atoms with Gasteiger partial charge in [0.1, 0.15) is 10.6 Å². The van der Waals surface area contributed by atoms with Crippen LogP contribution in [-0.4, -0.2) is 43.9 Å². The second kappa shape index (κ2) is 5.83. The van der Waals surface area contributed by atoms with Gasteiger partial charge >= 0.3 is 0 Å². The summed E-state index contributed by atoms with van der Waals surface area (Å²) in [7, 11) is 0. The van der Waals surface area contributed by atoms with E-state index in [1.807, 2.05) is 60.0 Å². The van der Waals surface area contributed by atoms with Gasteiger partial charge in [-0.05, 0) is 13.8 Å². The summed E-state index contributed by atoms with van der Waals surface area (Å²) >= 11 is 1.46. The molecule has 3 heterocycles. The number of thiazole rings is 1. The summed E-state index contributed by atoms with van der Waals surface area (Å²) in [6.45, 7) is 5.13. The molecule has 0 saturated carbocycles. The van der Waals surface area contributed by atoms with Crippen LogP contribution in [0.15, 0.2) is 36.5 Å². The first-order valence-electron chi connectivity index (χ1n) is 7.82. The number of hydrogen-bond donors (Lipinski definition) is 0. The number of aryl methyl sites for hydroxylation is 2. The number of rotatable bonds is 3. The van der Waals surface area contributed by atoms with Crippen LogP contribution in [0, 0.1) is 13.8 Å². The maximum absolute atomic E-state index is 12.5. The molecule has 0 radical (unpaired) electrons. The Labute approximate surface area is 143 Å². The fourth-order valence-corrected chi connectivity index (χ4v) is 3.75. The van der Waals surface area contributed by atoms with E-state index < -0.39 is 0 Å². The zero-order chi connectivity index (χ0) is 16.7. The van der Waals surface area contributed by atoms with Crippen LogP contribution in [0.5, 0.6) is 0 Å². The Kier molecular flexibility index (Phi) is 3.65. The third-order valence-electron chi connectivity index (χ3n) is 4.20. The Morgan fingerprint density at radius 2 is 1.96 bits per heavy atom. The van der Waals surface area contributed by atoms with Gasteiger partial charge in [0.2, 0.25) is 0 Å². The predicted octanol–water partition coefficient (Wildman–Crippen LogP) is 2.72. The average molecular weight is 339 g/mol. The molecule has 3 aromatic rings. The molecule has 1 aliphatic heterocycles. The maximum atomic E-state index is 12.5. The molecule has 122 valence electrons. The molecule has 4 rings (SSSR count). The molecular formula is C17H17N5OS. The molecule has 1 amide bonds. The van der Waals surface area contributed by atoms with Gasteiger partial charge in [-0.3, -0.25) is 4.79 Å². The minimum atomic E-state index is 0.0674. The number of amides is 1. The average Bonchev–Trinajstić information content (AvgIpc) is 3.13. The van der Waals surface area contributed by atoms with Crippen molar-refractivity contribution in [3.8, 4) is 11.3 Å². The Morgan fingerprint density at radius 1 is 1.21 bits per heavy atom. The molecule has 7 heteroatoms. The van der Waals surface area contributed by atoms with Crippen LogP contribution in [0.2, 0.25) is 0 Å². The van der Waals surface area contributed by atoms with Crippen LogP contribution >= 0.6 is 11.3 Å². The van der Waals surface area contributed by atoms with Gasteiger partial charge in [-0.2, -0.15) is 0 Å². The highest BCUT2D eigenvalue weighted by molar-refractivity contribution is 7.13. The fourth-order valence-electron chi connectivity index (χ4n) is 2.86. The molecule has 0 aliphatic carbocycles. The Bertz CT molecular complexity index is 880. The van der Waals surface area contributed by atoms with Crippen LogP contribution in [0.1, 0.15) is 26.4 Å². The zero-order valence-electron chi connectivity index (χ0n) is 13.5. The van der Waals surface area contributed by atoms with Gasteiger partial charge in [0.05, 0.1) is 22.9 Å². The molecule has 1 aliphatic rings. The van der Waals surface area contributed by atoms with Crippen LogP contribution in [0.4, 0.5) is 0 Å². The van der Waals surface area contributed by atoms with Crippen molar-refractivity contribution in [1.29, 1.82) is 0 Å². The topological polar surface area (TPSA) is 63.9 Å². The fraction of sp³-hybridized carbons (Fsp3) is 0.294. The molecule has 0 bridgehead atoms. The first-order valence-corrected chi connectivity index (χ1v) is 8.64. The van der Waals surface area contributed by atoms with Crippen molar-refractivity contribution in [3.05, 3.63) is 52.1 Å². The molecule has 1 aromatic carbocycles. The van der Waals surface area contributed by atoms with E-state index in [9.17, 15) is 4.79 Å². The van der Waals surface area contributed by atoms with Gasteiger partial charge in [0, 0.05) is 18.7 Å². The lowest BCUT2D eigenvalue weighted by atomic mass is 10.1. The van der Waals surface area contributed by atoms with Crippen molar-refractivity contribution < 1.29 is 4.79 Å². The first-order chi connectivity index (χ1) is 11.6. The quantitative estimate of drug-likeness (QED) is 0.736. The van der Waals surface area contributed by atoms with Gasteiger partial charge in [0.15, 0.2) is 0 Å². The molecular weight excluding hydrogens is 322 g/mol. The molecule has 0 N–H and O–H groups in total. The minimum Gasteiger partial charge on any atom is -0.333 e. The van der Waals surface area contributed by atoms with E-state index in [1.165, 1.54) is 11.3 Å². The van der Waals surface area contributed by atoms with E-state index in [0.29, 0.717) is 13.1 Å². The smallest absolute Gasteiger partial charge is 0.266 e. The molecule has 0 unspecified atom stereocenters. The van der Waals surface area contributed by atoms with Gasteiger partial charge in [-0.1, -0.05) is 35.5 Å². The maximum Gasteiger partial charge on any atom is 0.266 e. The Hall–Kier alpha value is -2.54. The summed E-state index contributed by atoms with van der Waals surface area (Å²) in [4.78, 5) is 19.4. The van der Waals surface area contributed by atoms with E-state index in [4.69, 9.17) is 0 Å². The van der Waals surface area contributed by atoms with Crippen LogP contribution in [0.25, 0.3) is 11.3 Å². The standard InChI is InChI=1S/C17H17N5OS/c1-11-16(24-12(2)18-11)17(23)21-8-14(9-21)22-10-15(19-20-22)13-6-4-3-5-7-13/h3-7,10,14H,8-9H2,1-2H3.